The maximum atomic E-state index is 10.2. The number of aliphatic hydroxyl groups excluding tert-OH is 1. The van der Waals surface area contributed by atoms with Gasteiger partial charge >= 0.3 is 0 Å². The smallest absolute Gasteiger partial charge is 0.0754 e. The summed E-state index contributed by atoms with van der Waals surface area (Å²) in [6.07, 6.45) is 2.29. The zero-order valence-electron chi connectivity index (χ0n) is 9.09. The van der Waals surface area contributed by atoms with Crippen molar-refractivity contribution in [2.45, 2.75) is 45.8 Å². The normalized spacial score (nSPS) is 52.8. The van der Waals surface area contributed by atoms with Crippen molar-refractivity contribution in [3.8, 4) is 0 Å². The molecule has 76 valence electrons. The molecule has 2 N–H and O–H groups in total. The fourth-order valence-electron chi connectivity index (χ4n) is 3.69. The molecule has 2 aliphatic carbocycles. The number of fused-ring (bicyclic) bond motifs is 2. The average molecular weight is 183 g/mol. The fourth-order valence-corrected chi connectivity index (χ4v) is 3.69. The molecule has 0 saturated heterocycles. The lowest BCUT2D eigenvalue weighted by Crippen LogP contribution is -2.45. The van der Waals surface area contributed by atoms with Crippen LogP contribution < -0.4 is 5.32 Å². The molecule has 0 aliphatic heterocycles. The van der Waals surface area contributed by atoms with Gasteiger partial charge in [-0.05, 0) is 31.2 Å². The summed E-state index contributed by atoms with van der Waals surface area (Å²) in [7, 11) is 1.97. The second-order valence-electron chi connectivity index (χ2n) is 5.54. The lowest BCUT2D eigenvalue weighted by Gasteiger charge is -2.37. The van der Waals surface area contributed by atoms with E-state index in [0.29, 0.717) is 17.4 Å². The van der Waals surface area contributed by atoms with Gasteiger partial charge in [-0.3, -0.25) is 0 Å². The number of likely N-dealkylation sites (N-methyl/N-ethyl adjacent to an activating group) is 1. The molecule has 0 amide bonds. The zero-order chi connectivity index (χ0) is 9.85. The summed E-state index contributed by atoms with van der Waals surface area (Å²) in [5.74, 6) is 0.650. The van der Waals surface area contributed by atoms with Gasteiger partial charge in [0.1, 0.15) is 0 Å². The van der Waals surface area contributed by atoms with Crippen LogP contribution in [0.3, 0.4) is 0 Å². The van der Waals surface area contributed by atoms with Crippen molar-refractivity contribution in [1.29, 1.82) is 0 Å². The fraction of sp³-hybridized carbons (Fsp3) is 1.00. The van der Waals surface area contributed by atoms with E-state index in [4.69, 9.17) is 0 Å². The highest BCUT2D eigenvalue weighted by Crippen LogP contribution is 2.65. The molecule has 0 radical (unpaired) electrons. The second kappa shape index (κ2) is 2.48. The highest BCUT2D eigenvalue weighted by Gasteiger charge is 2.65. The third-order valence-electron chi connectivity index (χ3n) is 5.13. The highest BCUT2D eigenvalue weighted by atomic mass is 16.3. The molecule has 4 atom stereocenters. The Balaban J connectivity index is 2.39. The number of rotatable bonds is 1. The molecule has 0 aromatic rings. The standard InChI is InChI=1S/C11H21NO/c1-10(2)7-5-6-11(10,3)9(13)8(7)12-4/h7-9,12-13H,5-6H2,1-4H3/t7?,8?,9-,11?/m1/s1. The predicted octanol–water partition coefficient (Wildman–Crippen LogP) is 1.39. The Morgan fingerprint density at radius 3 is 2.23 bits per heavy atom. The average Bonchev–Trinajstić information content (AvgIpc) is 2.36. The molecule has 2 fully saturated rings. The lowest BCUT2D eigenvalue weighted by atomic mass is 9.70. The van der Waals surface area contributed by atoms with E-state index in [0.717, 1.165) is 0 Å². The third kappa shape index (κ3) is 0.861. The minimum absolute atomic E-state index is 0.130. The molecule has 2 nitrogen and oxygen atoms in total. The molecule has 2 rings (SSSR count). The van der Waals surface area contributed by atoms with E-state index < -0.39 is 0 Å². The van der Waals surface area contributed by atoms with E-state index in [1.54, 1.807) is 0 Å². The Labute approximate surface area is 80.7 Å². The summed E-state index contributed by atoms with van der Waals surface area (Å²) >= 11 is 0. The van der Waals surface area contributed by atoms with Crippen LogP contribution in [0.25, 0.3) is 0 Å². The first-order valence-electron chi connectivity index (χ1n) is 5.30. The van der Waals surface area contributed by atoms with Crippen LogP contribution in [0.2, 0.25) is 0 Å². The van der Waals surface area contributed by atoms with E-state index in [2.05, 4.69) is 26.1 Å². The van der Waals surface area contributed by atoms with Gasteiger partial charge in [0.05, 0.1) is 6.10 Å². The monoisotopic (exact) mass is 183 g/mol. The third-order valence-corrected chi connectivity index (χ3v) is 5.13. The van der Waals surface area contributed by atoms with E-state index in [-0.39, 0.29) is 11.5 Å². The second-order valence-corrected chi connectivity index (χ2v) is 5.54. The molecular formula is C11H21NO. The van der Waals surface area contributed by atoms with Gasteiger partial charge in [0.2, 0.25) is 0 Å². The van der Waals surface area contributed by atoms with Gasteiger partial charge in [-0.2, -0.15) is 0 Å². The van der Waals surface area contributed by atoms with Gasteiger partial charge in [0, 0.05) is 11.5 Å². The van der Waals surface area contributed by atoms with Crippen LogP contribution in [-0.2, 0) is 0 Å². The van der Waals surface area contributed by atoms with Crippen LogP contribution in [0, 0.1) is 16.7 Å². The molecule has 0 aromatic carbocycles. The van der Waals surface area contributed by atoms with Crippen molar-refractivity contribution in [2.75, 3.05) is 7.05 Å². The SMILES string of the molecule is CNC1C2CCC(C)([C@@H]1O)C2(C)C. The molecule has 2 saturated carbocycles. The molecule has 13 heavy (non-hydrogen) atoms. The van der Waals surface area contributed by atoms with Crippen molar-refractivity contribution in [1.82, 2.24) is 5.32 Å². The van der Waals surface area contributed by atoms with Crippen molar-refractivity contribution in [3.63, 3.8) is 0 Å². The number of hydrogen-bond donors (Lipinski definition) is 2. The van der Waals surface area contributed by atoms with Gasteiger partial charge in [0.15, 0.2) is 0 Å². The zero-order valence-corrected chi connectivity index (χ0v) is 9.09. The van der Waals surface area contributed by atoms with Gasteiger partial charge in [-0.15, -0.1) is 0 Å². The summed E-state index contributed by atoms with van der Waals surface area (Å²) < 4.78 is 0. The minimum atomic E-state index is -0.161. The summed E-state index contributed by atoms with van der Waals surface area (Å²) in [5.41, 5.74) is 0.422. The van der Waals surface area contributed by atoms with Crippen molar-refractivity contribution >= 4 is 0 Å². The lowest BCUT2D eigenvalue weighted by molar-refractivity contribution is 0.00130. The Kier molecular flexibility index (Phi) is 1.81. The van der Waals surface area contributed by atoms with Crippen LogP contribution >= 0.6 is 0 Å². The van der Waals surface area contributed by atoms with E-state index in [9.17, 15) is 5.11 Å². The first kappa shape index (κ1) is 9.47. The van der Waals surface area contributed by atoms with Crippen molar-refractivity contribution < 1.29 is 5.11 Å². The molecule has 2 aliphatic rings. The first-order valence-corrected chi connectivity index (χ1v) is 5.30. The molecule has 2 heteroatoms. The summed E-state index contributed by atoms with van der Waals surface area (Å²) in [6, 6.07) is 0.314. The molecule has 3 unspecified atom stereocenters. The van der Waals surface area contributed by atoms with Crippen molar-refractivity contribution in [2.24, 2.45) is 16.7 Å². The van der Waals surface area contributed by atoms with Crippen LogP contribution in [0.4, 0.5) is 0 Å². The van der Waals surface area contributed by atoms with E-state index >= 15 is 0 Å². The van der Waals surface area contributed by atoms with E-state index in [1.165, 1.54) is 12.8 Å². The Hall–Kier alpha value is -0.0800. The number of aliphatic hydroxyl groups is 1. The molecule has 2 bridgehead atoms. The first-order chi connectivity index (χ1) is 5.95. The summed E-state index contributed by atoms with van der Waals surface area (Å²) in [5, 5.41) is 13.5. The predicted molar refractivity (Wildman–Crippen MR) is 53.5 cm³/mol. The van der Waals surface area contributed by atoms with Crippen LogP contribution in [0.5, 0.6) is 0 Å². The van der Waals surface area contributed by atoms with Crippen LogP contribution in [0.1, 0.15) is 33.6 Å². The maximum Gasteiger partial charge on any atom is 0.0754 e. The number of hydrogen-bond acceptors (Lipinski definition) is 2. The Bertz CT molecular complexity index is 226. The minimum Gasteiger partial charge on any atom is -0.391 e. The van der Waals surface area contributed by atoms with Gasteiger partial charge in [-0.1, -0.05) is 20.8 Å². The topological polar surface area (TPSA) is 32.3 Å². The molecule has 0 spiro atoms. The van der Waals surface area contributed by atoms with Crippen LogP contribution in [-0.4, -0.2) is 24.3 Å². The molecule has 0 aromatic heterocycles. The highest BCUT2D eigenvalue weighted by molar-refractivity contribution is 5.16. The summed E-state index contributed by atoms with van der Waals surface area (Å²) in [6.45, 7) is 6.87. The van der Waals surface area contributed by atoms with Crippen molar-refractivity contribution in [3.05, 3.63) is 0 Å². The van der Waals surface area contributed by atoms with E-state index in [1.807, 2.05) is 7.05 Å². The largest absolute Gasteiger partial charge is 0.391 e. The van der Waals surface area contributed by atoms with Gasteiger partial charge < -0.3 is 10.4 Å². The molecule has 0 heterocycles. The Morgan fingerprint density at radius 1 is 1.31 bits per heavy atom. The van der Waals surface area contributed by atoms with Crippen LogP contribution in [0.15, 0.2) is 0 Å². The summed E-state index contributed by atoms with van der Waals surface area (Å²) in [4.78, 5) is 0. The Morgan fingerprint density at radius 2 is 1.92 bits per heavy atom. The maximum absolute atomic E-state index is 10.2. The number of nitrogens with one attached hydrogen (secondary N) is 1. The molecular weight excluding hydrogens is 162 g/mol. The van der Waals surface area contributed by atoms with Gasteiger partial charge in [0.25, 0.3) is 0 Å². The quantitative estimate of drug-likeness (QED) is 0.644. The van der Waals surface area contributed by atoms with Gasteiger partial charge in [-0.25, -0.2) is 0 Å².